The van der Waals surface area contributed by atoms with E-state index in [1.807, 2.05) is 37.2 Å². The van der Waals surface area contributed by atoms with Gasteiger partial charge in [-0.2, -0.15) is 0 Å². The first-order chi connectivity index (χ1) is 12.0. The standard InChI is InChI=1S/C19H19N3O2S/c1-21(2)12-13-6-5-9-16(20-13)17(25)10-11-22-18(23)14-7-3-4-8-15(14)19(22)24/h3-9H,10-12H2,1-2H3. The summed E-state index contributed by atoms with van der Waals surface area (Å²) >= 11 is 5.47. The first-order valence-electron chi connectivity index (χ1n) is 8.06. The van der Waals surface area contributed by atoms with Crippen LogP contribution >= 0.6 is 12.2 Å². The highest BCUT2D eigenvalue weighted by molar-refractivity contribution is 7.80. The highest BCUT2D eigenvalue weighted by atomic mass is 32.1. The minimum atomic E-state index is -0.252. The van der Waals surface area contributed by atoms with Crippen molar-refractivity contribution < 1.29 is 9.59 Å². The van der Waals surface area contributed by atoms with Gasteiger partial charge < -0.3 is 4.90 Å². The number of benzene rings is 1. The predicted molar refractivity (Wildman–Crippen MR) is 99.8 cm³/mol. The number of rotatable bonds is 6. The monoisotopic (exact) mass is 353 g/mol. The molecule has 6 heteroatoms. The SMILES string of the molecule is CN(C)Cc1cccc(C(=S)CCN2C(=O)c3ccccc3C2=O)n1. The largest absolute Gasteiger partial charge is 0.304 e. The Hall–Kier alpha value is -2.44. The van der Waals surface area contributed by atoms with Crippen LogP contribution in [0.1, 0.15) is 38.5 Å². The zero-order chi connectivity index (χ0) is 18.0. The van der Waals surface area contributed by atoms with E-state index in [1.165, 1.54) is 4.90 Å². The average molecular weight is 353 g/mol. The van der Waals surface area contributed by atoms with Crippen LogP contribution in [0.2, 0.25) is 0 Å². The molecule has 1 aromatic carbocycles. The number of hydrogen-bond acceptors (Lipinski definition) is 5. The van der Waals surface area contributed by atoms with Crippen LogP contribution in [0.3, 0.4) is 0 Å². The summed E-state index contributed by atoms with van der Waals surface area (Å²) in [4.78, 5) is 33.3. The van der Waals surface area contributed by atoms with Crippen molar-refractivity contribution >= 4 is 28.9 Å². The van der Waals surface area contributed by atoms with E-state index in [0.29, 0.717) is 22.4 Å². The van der Waals surface area contributed by atoms with Crippen LogP contribution in [0, 0.1) is 0 Å². The van der Waals surface area contributed by atoms with Crippen molar-refractivity contribution in [1.29, 1.82) is 0 Å². The summed E-state index contributed by atoms with van der Waals surface area (Å²) in [5, 5.41) is 0. The highest BCUT2D eigenvalue weighted by Gasteiger charge is 2.34. The lowest BCUT2D eigenvalue weighted by Crippen LogP contribution is -2.31. The van der Waals surface area contributed by atoms with Crippen LogP contribution in [0.25, 0.3) is 0 Å². The Bertz CT molecular complexity index is 813. The fourth-order valence-corrected chi connectivity index (χ4v) is 3.04. The van der Waals surface area contributed by atoms with Gasteiger partial charge in [0.1, 0.15) is 0 Å². The van der Waals surface area contributed by atoms with Gasteiger partial charge in [0, 0.05) is 24.4 Å². The third-order valence-corrected chi connectivity index (χ3v) is 4.42. The lowest BCUT2D eigenvalue weighted by atomic mass is 10.1. The van der Waals surface area contributed by atoms with Crippen LogP contribution in [-0.4, -0.2) is 52.1 Å². The van der Waals surface area contributed by atoms with Gasteiger partial charge in [-0.25, -0.2) is 0 Å². The van der Waals surface area contributed by atoms with Gasteiger partial charge in [-0.05, 0) is 38.4 Å². The predicted octanol–water partition coefficient (Wildman–Crippen LogP) is 2.55. The molecule has 0 unspecified atom stereocenters. The molecular formula is C19H19N3O2S. The number of thiocarbonyl (C=S) groups is 1. The van der Waals surface area contributed by atoms with Gasteiger partial charge in [-0.15, -0.1) is 0 Å². The zero-order valence-corrected chi connectivity index (χ0v) is 15.0. The van der Waals surface area contributed by atoms with Crippen LogP contribution in [0.4, 0.5) is 0 Å². The van der Waals surface area contributed by atoms with Crippen molar-refractivity contribution in [2.24, 2.45) is 0 Å². The molecule has 0 spiro atoms. The Morgan fingerprint density at radius 3 is 2.28 bits per heavy atom. The van der Waals surface area contributed by atoms with Crippen molar-refractivity contribution in [2.75, 3.05) is 20.6 Å². The third kappa shape index (κ3) is 3.65. The quantitative estimate of drug-likeness (QED) is 0.454. The van der Waals surface area contributed by atoms with E-state index in [0.717, 1.165) is 17.9 Å². The maximum Gasteiger partial charge on any atom is 0.261 e. The molecule has 1 aliphatic rings. The summed E-state index contributed by atoms with van der Waals surface area (Å²) in [6.07, 6.45) is 0.430. The summed E-state index contributed by atoms with van der Waals surface area (Å²) in [5.74, 6) is -0.504. The maximum absolute atomic E-state index is 12.4. The minimum absolute atomic E-state index is 0.252. The van der Waals surface area contributed by atoms with E-state index in [2.05, 4.69) is 4.98 Å². The third-order valence-electron chi connectivity index (χ3n) is 4.01. The van der Waals surface area contributed by atoms with Crippen molar-refractivity contribution in [2.45, 2.75) is 13.0 Å². The van der Waals surface area contributed by atoms with Gasteiger partial charge in [0.25, 0.3) is 11.8 Å². The number of imide groups is 1. The maximum atomic E-state index is 12.4. The second kappa shape index (κ2) is 7.21. The van der Waals surface area contributed by atoms with Crippen LogP contribution in [-0.2, 0) is 6.54 Å². The molecule has 0 saturated heterocycles. The topological polar surface area (TPSA) is 53.5 Å². The molecule has 2 aromatic rings. The minimum Gasteiger partial charge on any atom is -0.304 e. The number of pyridine rings is 1. The zero-order valence-electron chi connectivity index (χ0n) is 14.2. The van der Waals surface area contributed by atoms with Gasteiger partial charge in [0.2, 0.25) is 0 Å². The number of fused-ring (bicyclic) bond motifs is 1. The van der Waals surface area contributed by atoms with E-state index >= 15 is 0 Å². The molecule has 2 heterocycles. The number of amides is 2. The molecule has 3 rings (SSSR count). The van der Waals surface area contributed by atoms with E-state index in [-0.39, 0.29) is 18.4 Å². The molecule has 5 nitrogen and oxygen atoms in total. The molecule has 0 radical (unpaired) electrons. The molecule has 0 atom stereocenters. The van der Waals surface area contributed by atoms with Gasteiger partial charge in [0.05, 0.1) is 22.5 Å². The molecule has 128 valence electrons. The van der Waals surface area contributed by atoms with Crippen molar-refractivity contribution in [1.82, 2.24) is 14.8 Å². The van der Waals surface area contributed by atoms with Crippen LogP contribution < -0.4 is 0 Å². The Morgan fingerprint density at radius 1 is 1.04 bits per heavy atom. The van der Waals surface area contributed by atoms with Gasteiger partial charge in [-0.3, -0.25) is 19.5 Å². The Morgan fingerprint density at radius 2 is 1.68 bits per heavy atom. The molecule has 0 fully saturated rings. The summed E-state index contributed by atoms with van der Waals surface area (Å²) < 4.78 is 0. The van der Waals surface area contributed by atoms with E-state index in [4.69, 9.17) is 12.2 Å². The Labute approximate surface area is 152 Å². The lowest BCUT2D eigenvalue weighted by Gasteiger charge is -2.14. The fraction of sp³-hybridized carbons (Fsp3) is 0.263. The lowest BCUT2D eigenvalue weighted by molar-refractivity contribution is 0.0659. The summed E-state index contributed by atoms with van der Waals surface area (Å²) in [6, 6.07) is 12.6. The fourth-order valence-electron chi connectivity index (χ4n) is 2.83. The van der Waals surface area contributed by atoms with Gasteiger partial charge >= 0.3 is 0 Å². The molecule has 2 amide bonds. The first-order valence-corrected chi connectivity index (χ1v) is 8.47. The summed E-state index contributed by atoms with van der Waals surface area (Å²) in [7, 11) is 3.96. The van der Waals surface area contributed by atoms with Gasteiger partial charge in [0.15, 0.2) is 0 Å². The van der Waals surface area contributed by atoms with Crippen molar-refractivity contribution in [3.63, 3.8) is 0 Å². The molecule has 1 aliphatic heterocycles. The second-order valence-corrected chi connectivity index (χ2v) is 6.73. The van der Waals surface area contributed by atoms with Crippen LogP contribution in [0.5, 0.6) is 0 Å². The molecule has 0 aliphatic carbocycles. The van der Waals surface area contributed by atoms with Crippen molar-refractivity contribution in [3.05, 3.63) is 65.0 Å². The number of carbonyl (C=O) groups excluding carboxylic acids is 2. The molecule has 0 bridgehead atoms. The first kappa shape index (κ1) is 17.4. The second-order valence-electron chi connectivity index (χ2n) is 6.23. The average Bonchev–Trinajstić information content (AvgIpc) is 2.84. The molecule has 0 saturated carbocycles. The van der Waals surface area contributed by atoms with E-state index < -0.39 is 0 Å². The number of aromatic nitrogens is 1. The molecular weight excluding hydrogens is 334 g/mol. The number of carbonyl (C=O) groups is 2. The smallest absolute Gasteiger partial charge is 0.261 e. The van der Waals surface area contributed by atoms with Gasteiger partial charge in [-0.1, -0.05) is 30.4 Å². The van der Waals surface area contributed by atoms with E-state index in [1.54, 1.807) is 24.3 Å². The number of nitrogens with zero attached hydrogens (tertiary/aromatic N) is 3. The molecule has 0 N–H and O–H groups in total. The van der Waals surface area contributed by atoms with Crippen LogP contribution in [0.15, 0.2) is 42.5 Å². The Kier molecular flexibility index (Phi) is 5.01. The summed E-state index contributed by atoms with van der Waals surface area (Å²) in [6.45, 7) is 1.000. The normalized spacial score (nSPS) is 13.5. The Balaban J connectivity index is 1.67. The molecule has 25 heavy (non-hydrogen) atoms. The number of hydrogen-bond donors (Lipinski definition) is 0. The highest BCUT2D eigenvalue weighted by Crippen LogP contribution is 2.22. The summed E-state index contributed by atoms with van der Waals surface area (Å²) in [5.41, 5.74) is 2.59. The van der Waals surface area contributed by atoms with Crippen molar-refractivity contribution in [3.8, 4) is 0 Å². The molecule has 1 aromatic heterocycles. The van der Waals surface area contributed by atoms with E-state index in [9.17, 15) is 9.59 Å².